The molecular weight excluding hydrogens is 601 g/mol. The number of methoxy groups -OCH3 is 1. The molecule has 12 heteroatoms. The van der Waals surface area contributed by atoms with Crippen molar-refractivity contribution in [3.8, 4) is 0 Å². The van der Waals surface area contributed by atoms with E-state index < -0.39 is 11.9 Å². The molecule has 3 N–H and O–H groups in total. The van der Waals surface area contributed by atoms with Crippen molar-refractivity contribution in [2.75, 3.05) is 33.9 Å². The molecule has 0 radical (unpaired) electrons. The Kier molecular flexibility index (Phi) is 32.0. The van der Waals surface area contributed by atoms with Crippen LogP contribution in [0.2, 0.25) is 0 Å². The van der Waals surface area contributed by atoms with E-state index in [0.29, 0.717) is 25.1 Å². The van der Waals surface area contributed by atoms with Crippen molar-refractivity contribution in [2.45, 2.75) is 80.7 Å². The second-order valence-electron chi connectivity index (χ2n) is 9.10. The van der Waals surface area contributed by atoms with Crippen molar-refractivity contribution in [1.82, 2.24) is 21.1 Å². The monoisotopic (exact) mass is 655 g/mol. The molecule has 2 atom stereocenters. The van der Waals surface area contributed by atoms with E-state index in [0.717, 1.165) is 19.4 Å². The van der Waals surface area contributed by atoms with E-state index in [9.17, 15) is 19.2 Å². The molecule has 2 unspecified atom stereocenters. The number of piperidine rings is 1. The summed E-state index contributed by atoms with van der Waals surface area (Å²) in [5, 5.41) is 15.6. The summed E-state index contributed by atoms with van der Waals surface area (Å²) in [6, 6.07) is 7.32. The molecule has 2 heterocycles. The average Bonchev–Trinajstić information content (AvgIpc) is 3.49. The van der Waals surface area contributed by atoms with E-state index in [1.165, 1.54) is 29.9 Å². The average molecular weight is 656 g/mol. The molecule has 1 fully saturated rings. The number of hydrogen-bond acceptors (Lipinski definition) is 8. The summed E-state index contributed by atoms with van der Waals surface area (Å²) >= 11 is 0. The van der Waals surface area contributed by atoms with Crippen molar-refractivity contribution in [2.24, 2.45) is 5.92 Å². The van der Waals surface area contributed by atoms with Crippen molar-refractivity contribution >= 4 is 30.1 Å². The van der Waals surface area contributed by atoms with Gasteiger partial charge < -0.3 is 35.3 Å². The smallest absolute Gasteiger partial charge is 0.638 e. The summed E-state index contributed by atoms with van der Waals surface area (Å²) in [6.07, 6.45) is 7.04. The third-order valence-corrected chi connectivity index (χ3v) is 5.93. The zero-order chi connectivity index (χ0) is 33.9. The Hall–Kier alpha value is -2.19. The van der Waals surface area contributed by atoms with Crippen LogP contribution in [-0.2, 0) is 19.1 Å². The Labute approximate surface area is 312 Å². The number of aldehydes is 1. The molecule has 3 rings (SSSR count). The maximum absolute atomic E-state index is 11.6. The molecule has 1 aliphatic rings. The number of benzene rings is 1. The van der Waals surface area contributed by atoms with Crippen molar-refractivity contribution in [1.29, 1.82) is 0 Å². The summed E-state index contributed by atoms with van der Waals surface area (Å²) in [7, 11) is 3.09. The number of aryl methyl sites for hydroxylation is 3. The summed E-state index contributed by atoms with van der Waals surface area (Å²) in [6.45, 7) is 17.1. The number of carbonyl (C=O) groups is 4. The van der Waals surface area contributed by atoms with E-state index in [-0.39, 0.29) is 81.4 Å². The molecule has 0 spiro atoms. The molecule has 0 saturated carbocycles. The van der Waals surface area contributed by atoms with Crippen LogP contribution >= 0.6 is 0 Å². The first-order valence-electron chi connectivity index (χ1n) is 15.2. The normalized spacial score (nSPS) is 13.6. The van der Waals surface area contributed by atoms with Gasteiger partial charge in [0.25, 0.3) is 11.9 Å². The van der Waals surface area contributed by atoms with E-state index >= 15 is 0 Å². The minimum Gasteiger partial charge on any atom is -0.638 e. The second kappa shape index (κ2) is 30.5. The molecule has 11 nitrogen and oxygen atoms in total. The zero-order valence-electron chi connectivity index (χ0n) is 29.3. The number of nitrogens with zero attached hydrogens (tertiary/aromatic N) is 2. The SMILES string of the molecule is C/C=C\c1c(C)cccc1C.CC.CC.CNC[N-]C(CC1CCCNC1=O)C(=O)OC.Cc1cc(C(=O)NCC=O)no1.[K+]. The van der Waals surface area contributed by atoms with E-state index in [1.807, 2.05) is 34.6 Å². The quantitative estimate of drug-likeness (QED) is 0.200. The Bertz CT molecular complexity index is 1100. The van der Waals surface area contributed by atoms with Crippen molar-refractivity contribution in [3.05, 3.63) is 63.8 Å². The predicted octanol–water partition coefficient (Wildman–Crippen LogP) is 2.30. The minimum absolute atomic E-state index is 0. The van der Waals surface area contributed by atoms with E-state index in [4.69, 9.17) is 4.74 Å². The molecule has 248 valence electrons. The largest absolute Gasteiger partial charge is 1.00 e. The predicted molar refractivity (Wildman–Crippen MR) is 176 cm³/mol. The maximum Gasteiger partial charge on any atom is 1.00 e. The van der Waals surface area contributed by atoms with Crippen LogP contribution in [0, 0.1) is 26.7 Å². The number of ether oxygens (including phenoxy) is 1. The standard InChI is InChI=1S/C11H20N3O3.C11H14.C7H8N2O3.2C2H6.K/c1-12-7-14-9(11(16)17-2)6-8-4-3-5-13-10(8)15;1-4-6-11-9(2)7-5-8-10(11)3;1-5-4-6(9-12-5)7(11)8-2-3-10;2*1-2;/h8-9,12H,3-7H2,1-2H3,(H,13,15);4-8H,1-3H3;3-4H,2H2,1H3,(H,8,11);2*1-2H3;/q-1;;;;;+1/b;6-4-;;;;. The van der Waals surface area contributed by atoms with E-state index in [2.05, 4.69) is 75.1 Å². The Morgan fingerprint density at radius 3 is 2.27 bits per heavy atom. The third-order valence-electron chi connectivity index (χ3n) is 5.93. The first-order chi connectivity index (χ1) is 21.2. The number of rotatable bonds is 10. The van der Waals surface area contributed by atoms with Crippen molar-refractivity contribution < 1.29 is 79.8 Å². The third kappa shape index (κ3) is 20.5. The van der Waals surface area contributed by atoms with Gasteiger partial charge in [-0.2, -0.15) is 0 Å². The number of hydrogen-bond donors (Lipinski definition) is 3. The fourth-order valence-electron chi connectivity index (χ4n) is 3.87. The van der Waals surface area contributed by atoms with Gasteiger partial charge >= 0.3 is 51.4 Å². The van der Waals surface area contributed by atoms with Gasteiger partial charge in [-0.25, -0.2) is 0 Å². The summed E-state index contributed by atoms with van der Waals surface area (Å²) in [4.78, 5) is 44.0. The van der Waals surface area contributed by atoms with Crippen molar-refractivity contribution in [3.63, 3.8) is 0 Å². The topological polar surface area (TPSA) is 154 Å². The first kappa shape index (κ1) is 47.2. The molecular formula is C33H54KN5O6. The second-order valence-corrected chi connectivity index (χ2v) is 9.10. The van der Waals surface area contributed by atoms with Crippen LogP contribution < -0.4 is 67.3 Å². The number of carbonyl (C=O) groups excluding carboxylic acids is 4. The number of nitrogens with one attached hydrogen (secondary N) is 3. The molecule has 1 aromatic carbocycles. The van der Waals surface area contributed by atoms with Gasteiger partial charge in [0.15, 0.2) is 5.69 Å². The van der Waals surface area contributed by atoms with Crippen LogP contribution in [0.5, 0.6) is 0 Å². The molecule has 1 aliphatic heterocycles. The fourth-order valence-corrected chi connectivity index (χ4v) is 3.87. The summed E-state index contributed by atoms with van der Waals surface area (Å²) < 4.78 is 9.36. The van der Waals surface area contributed by atoms with Gasteiger partial charge in [-0.05, 0) is 76.7 Å². The van der Waals surface area contributed by atoms with Gasteiger partial charge in [0.1, 0.15) is 12.0 Å². The van der Waals surface area contributed by atoms with E-state index in [1.54, 1.807) is 14.0 Å². The maximum atomic E-state index is 11.6. The molecule has 45 heavy (non-hydrogen) atoms. The molecule has 0 aliphatic carbocycles. The zero-order valence-corrected chi connectivity index (χ0v) is 32.4. The molecule has 2 aromatic rings. The first-order valence-corrected chi connectivity index (χ1v) is 15.2. The number of aromatic nitrogens is 1. The molecule has 0 bridgehead atoms. The molecule has 1 saturated heterocycles. The fraction of sp³-hybridized carbons (Fsp3) is 0.545. The van der Waals surface area contributed by atoms with Crippen LogP contribution in [0.1, 0.15) is 86.8 Å². The van der Waals surface area contributed by atoms with Gasteiger partial charge in [0.05, 0.1) is 13.7 Å². The van der Waals surface area contributed by atoms with Gasteiger partial charge in [0, 0.05) is 18.5 Å². The van der Waals surface area contributed by atoms with Crippen LogP contribution in [0.4, 0.5) is 0 Å². The molecule has 2 amide bonds. The van der Waals surface area contributed by atoms with Crippen LogP contribution in [0.3, 0.4) is 0 Å². The minimum atomic E-state index is -0.554. The van der Waals surface area contributed by atoms with Gasteiger partial charge in [0.2, 0.25) is 5.91 Å². The Balaban J connectivity index is -0.000000563. The summed E-state index contributed by atoms with van der Waals surface area (Å²) in [5.41, 5.74) is 4.25. The number of esters is 1. The number of allylic oxidation sites excluding steroid dienone is 1. The van der Waals surface area contributed by atoms with Gasteiger partial charge in [-0.1, -0.05) is 69.9 Å². The number of amides is 2. The van der Waals surface area contributed by atoms with Crippen LogP contribution in [0.15, 0.2) is 34.9 Å². The van der Waals surface area contributed by atoms with Gasteiger partial charge in [-0.15, -0.1) is 0 Å². The Morgan fingerprint density at radius 2 is 1.80 bits per heavy atom. The summed E-state index contributed by atoms with van der Waals surface area (Å²) in [5.74, 6) is -0.331. The Morgan fingerprint density at radius 1 is 1.18 bits per heavy atom. The van der Waals surface area contributed by atoms with Gasteiger partial charge in [-0.3, -0.25) is 14.4 Å². The molecule has 1 aromatic heterocycles. The van der Waals surface area contributed by atoms with Crippen LogP contribution in [-0.4, -0.2) is 69.2 Å². The van der Waals surface area contributed by atoms with Crippen LogP contribution in [0.25, 0.3) is 11.4 Å².